The summed E-state index contributed by atoms with van der Waals surface area (Å²) in [4.78, 5) is 0. The van der Waals surface area contributed by atoms with Crippen molar-refractivity contribution in [3.8, 4) is 22.3 Å². The van der Waals surface area contributed by atoms with Crippen LogP contribution in [0.15, 0.2) is 108 Å². The Morgan fingerprint density at radius 1 is 0.514 bits per heavy atom. The van der Waals surface area contributed by atoms with E-state index < -0.39 is 22.9 Å². The van der Waals surface area contributed by atoms with Crippen molar-refractivity contribution < 1.29 is 47.7 Å². The molecule has 2 aliphatic rings. The van der Waals surface area contributed by atoms with E-state index in [1.54, 1.807) is 22.3 Å². The van der Waals surface area contributed by atoms with Gasteiger partial charge < -0.3 is 24.8 Å². The summed E-state index contributed by atoms with van der Waals surface area (Å²) >= 11 is -1.16. The molecule has 0 saturated carbocycles. The SMILES string of the molecule is CCC1=Cc2c(-c3ccccc3)cccc2[CH]1[Hf+2][CH]1C(CC)=Cc2c(-c3ccccc3)cccc21.[Cl-].[Cl-]. The van der Waals surface area contributed by atoms with Crippen molar-refractivity contribution in [3.05, 3.63) is 130 Å². The van der Waals surface area contributed by atoms with Gasteiger partial charge in [-0.05, 0) is 0 Å². The molecule has 2 aliphatic carbocycles. The van der Waals surface area contributed by atoms with E-state index in [1.807, 2.05) is 0 Å². The van der Waals surface area contributed by atoms with Gasteiger partial charge >= 0.3 is 222 Å². The van der Waals surface area contributed by atoms with E-state index in [4.69, 9.17) is 0 Å². The zero-order valence-electron chi connectivity index (χ0n) is 21.2. The summed E-state index contributed by atoms with van der Waals surface area (Å²) in [6, 6.07) is 35.9. The quantitative estimate of drug-likeness (QED) is 0.273. The second-order valence-corrected chi connectivity index (χ2v) is 14.9. The van der Waals surface area contributed by atoms with Gasteiger partial charge in [-0.3, -0.25) is 0 Å². The van der Waals surface area contributed by atoms with Gasteiger partial charge in [-0.1, -0.05) is 0 Å². The number of allylic oxidation sites excluding steroid dienone is 2. The van der Waals surface area contributed by atoms with Gasteiger partial charge in [0.15, 0.2) is 0 Å². The Bertz CT molecular complexity index is 1330. The van der Waals surface area contributed by atoms with Crippen molar-refractivity contribution in [2.45, 2.75) is 34.0 Å². The second-order valence-electron chi connectivity index (χ2n) is 9.53. The number of hydrogen-bond acceptors (Lipinski definition) is 0. The molecule has 0 heterocycles. The van der Waals surface area contributed by atoms with Crippen LogP contribution in [0.25, 0.3) is 34.4 Å². The largest absolute Gasteiger partial charge is 1.00 e. The second kappa shape index (κ2) is 12.1. The van der Waals surface area contributed by atoms with Crippen molar-refractivity contribution in [2.24, 2.45) is 0 Å². The van der Waals surface area contributed by atoms with E-state index in [-0.39, 0.29) is 24.8 Å². The van der Waals surface area contributed by atoms with Crippen LogP contribution in [-0.4, -0.2) is 0 Å². The van der Waals surface area contributed by atoms with Gasteiger partial charge in [-0.15, -0.1) is 0 Å². The van der Waals surface area contributed by atoms with Crippen molar-refractivity contribution >= 4 is 12.2 Å². The molecule has 184 valence electrons. The molecule has 0 nitrogen and oxygen atoms in total. The summed E-state index contributed by atoms with van der Waals surface area (Å²) < 4.78 is 1.34. The van der Waals surface area contributed by atoms with Crippen molar-refractivity contribution in [1.29, 1.82) is 0 Å². The monoisotopic (exact) mass is 688 g/mol. The van der Waals surface area contributed by atoms with Crippen LogP contribution >= 0.6 is 0 Å². The molecular weight excluding hydrogens is 658 g/mol. The maximum Gasteiger partial charge on any atom is -1.00 e. The Balaban J connectivity index is 0.00000160. The number of benzene rings is 4. The van der Waals surface area contributed by atoms with Crippen molar-refractivity contribution in [2.75, 3.05) is 0 Å². The molecule has 0 amide bonds. The Morgan fingerprint density at radius 3 is 1.30 bits per heavy atom. The van der Waals surface area contributed by atoms with Crippen LogP contribution in [-0.2, 0) is 22.9 Å². The molecule has 0 bridgehead atoms. The Hall–Kier alpha value is -2.19. The summed E-state index contributed by atoms with van der Waals surface area (Å²) in [5.74, 6) is 0. The molecule has 0 radical (unpaired) electrons. The van der Waals surface area contributed by atoms with E-state index in [9.17, 15) is 0 Å². The number of rotatable bonds is 6. The molecule has 0 saturated heterocycles. The van der Waals surface area contributed by atoms with E-state index in [2.05, 4.69) is 123 Å². The van der Waals surface area contributed by atoms with Gasteiger partial charge in [0.1, 0.15) is 0 Å². The molecule has 6 rings (SSSR count). The van der Waals surface area contributed by atoms with Gasteiger partial charge in [0.05, 0.1) is 0 Å². The van der Waals surface area contributed by atoms with E-state index in [0.29, 0.717) is 7.35 Å². The average molecular weight is 688 g/mol. The Morgan fingerprint density at radius 2 is 0.919 bits per heavy atom. The zero-order valence-corrected chi connectivity index (χ0v) is 26.3. The van der Waals surface area contributed by atoms with Crippen LogP contribution in [0.4, 0.5) is 0 Å². The fourth-order valence-electron chi connectivity index (χ4n) is 5.84. The molecule has 0 N–H and O–H groups in total. The molecule has 0 spiro atoms. The minimum Gasteiger partial charge on any atom is -1.00 e. The third kappa shape index (κ3) is 5.11. The van der Waals surface area contributed by atoms with E-state index in [0.717, 1.165) is 12.8 Å². The normalized spacial score (nSPS) is 16.9. The molecule has 0 aromatic heterocycles. The summed E-state index contributed by atoms with van der Waals surface area (Å²) in [6.07, 6.45) is 7.38. The van der Waals surface area contributed by atoms with Crippen molar-refractivity contribution in [1.82, 2.24) is 0 Å². The van der Waals surface area contributed by atoms with Gasteiger partial charge in [0.25, 0.3) is 0 Å². The predicted octanol–water partition coefficient (Wildman–Crippen LogP) is 3.51. The smallest absolute Gasteiger partial charge is 1.00 e. The molecule has 4 aromatic carbocycles. The molecule has 2 atom stereocenters. The molecule has 4 aromatic rings. The zero-order chi connectivity index (χ0) is 23.8. The standard InChI is InChI=1S/2C17H15.2ClH.Hf/c2*1-2-13-11-15-9-6-10-16(17(15)12-13)14-7-4-3-5-8-14;;;/h2*3-12H,2H2,1H3;2*1H;/q;;;;+2/p-2. The van der Waals surface area contributed by atoms with Crippen LogP contribution in [0, 0.1) is 0 Å². The van der Waals surface area contributed by atoms with Gasteiger partial charge in [-0.25, -0.2) is 0 Å². The first-order chi connectivity index (χ1) is 17.3. The molecule has 2 unspecified atom stereocenters. The predicted molar refractivity (Wildman–Crippen MR) is 146 cm³/mol. The maximum atomic E-state index is 2.54. The van der Waals surface area contributed by atoms with E-state index >= 15 is 0 Å². The van der Waals surface area contributed by atoms with Crippen LogP contribution < -0.4 is 24.8 Å². The summed E-state index contributed by atoms with van der Waals surface area (Å²) in [6.45, 7) is 4.70. The first kappa shape index (κ1) is 27.8. The Kier molecular flexibility index (Phi) is 9.11. The van der Waals surface area contributed by atoms with Crippen LogP contribution in [0.5, 0.6) is 0 Å². The van der Waals surface area contributed by atoms with Crippen LogP contribution in [0.3, 0.4) is 0 Å². The fourth-order valence-corrected chi connectivity index (χ4v) is 13.7. The van der Waals surface area contributed by atoms with Gasteiger partial charge in [-0.2, -0.15) is 0 Å². The third-order valence-corrected chi connectivity index (χ3v) is 14.9. The maximum absolute atomic E-state index is 2.54. The topological polar surface area (TPSA) is 0 Å². The number of hydrogen-bond donors (Lipinski definition) is 0. The summed E-state index contributed by atoms with van der Waals surface area (Å²) in [5, 5.41) is 0. The molecule has 37 heavy (non-hydrogen) atoms. The average Bonchev–Trinajstić information content (AvgIpc) is 3.47. The first-order valence-electron chi connectivity index (χ1n) is 12.8. The molecule has 0 fully saturated rings. The summed E-state index contributed by atoms with van der Waals surface area (Å²) in [5.41, 5.74) is 14.9. The van der Waals surface area contributed by atoms with Gasteiger partial charge in [0, 0.05) is 0 Å². The molecular formula is C34H30Cl2Hf. The van der Waals surface area contributed by atoms with Gasteiger partial charge in [0.2, 0.25) is 0 Å². The van der Waals surface area contributed by atoms with Crippen LogP contribution in [0.2, 0.25) is 0 Å². The molecule has 3 heteroatoms. The minimum absolute atomic E-state index is 0. The van der Waals surface area contributed by atoms with Crippen molar-refractivity contribution in [3.63, 3.8) is 0 Å². The van der Waals surface area contributed by atoms with E-state index in [1.165, 1.54) is 33.4 Å². The number of halogens is 2. The third-order valence-electron chi connectivity index (χ3n) is 7.62. The first-order valence-corrected chi connectivity index (χ1v) is 17.0. The summed E-state index contributed by atoms with van der Waals surface area (Å²) in [7, 11) is 0. The minimum atomic E-state index is -1.16. The Labute approximate surface area is 245 Å². The van der Waals surface area contributed by atoms with Crippen LogP contribution in [0.1, 0.15) is 56.3 Å². The number of fused-ring (bicyclic) bond motifs is 2. The fraction of sp³-hybridized carbons (Fsp3) is 0.176. The molecule has 0 aliphatic heterocycles.